The molecule has 3 aromatic rings. The summed E-state index contributed by atoms with van der Waals surface area (Å²) in [6.07, 6.45) is 1.08. The van der Waals surface area contributed by atoms with Crippen molar-refractivity contribution in [3.8, 4) is 17.1 Å². The molecule has 1 saturated carbocycles. The predicted octanol–water partition coefficient (Wildman–Crippen LogP) is 3.49. The number of carbonyl (C=O) groups excluding carboxylic acids is 2. The monoisotopic (exact) mass is 495 g/mol. The highest BCUT2D eigenvalue weighted by Crippen LogP contribution is 2.33. The van der Waals surface area contributed by atoms with Crippen LogP contribution in [0, 0.1) is 11.7 Å². The second-order valence-electron chi connectivity index (χ2n) is 9.01. The van der Waals surface area contributed by atoms with Gasteiger partial charge in [0, 0.05) is 17.0 Å². The Hall–Kier alpha value is -3.63. The molecule has 0 spiro atoms. The first-order valence-electron chi connectivity index (χ1n) is 11.9. The highest BCUT2D eigenvalue weighted by Gasteiger charge is 2.31. The van der Waals surface area contributed by atoms with Crippen molar-refractivity contribution in [2.24, 2.45) is 5.92 Å². The Balaban J connectivity index is 1.26. The first kappa shape index (κ1) is 24.1. The van der Waals surface area contributed by atoms with E-state index < -0.39 is 30.0 Å². The van der Waals surface area contributed by atoms with Crippen LogP contribution in [0.25, 0.3) is 11.4 Å². The van der Waals surface area contributed by atoms with Crippen molar-refractivity contribution in [2.45, 2.75) is 44.4 Å². The van der Waals surface area contributed by atoms with Crippen LogP contribution in [0.15, 0.2) is 47.0 Å². The number of rotatable bonds is 9. The van der Waals surface area contributed by atoms with E-state index in [-0.39, 0.29) is 42.2 Å². The molecule has 3 atom stereocenters. The molecular weight excluding hydrogens is 469 g/mol. The molecule has 1 aliphatic carbocycles. The van der Waals surface area contributed by atoms with Gasteiger partial charge in [0.1, 0.15) is 11.6 Å². The van der Waals surface area contributed by atoms with Crippen molar-refractivity contribution in [3.63, 3.8) is 0 Å². The number of nitrogens with zero attached hydrogens (tertiary/aromatic N) is 2. The number of nitrogens with one attached hydrogen (secondary N) is 1. The lowest BCUT2D eigenvalue weighted by Gasteiger charge is -2.15. The fourth-order valence-corrected chi connectivity index (χ4v) is 4.00. The fourth-order valence-electron chi connectivity index (χ4n) is 4.00. The summed E-state index contributed by atoms with van der Waals surface area (Å²) in [6, 6.07) is 10.4. The molecule has 9 nitrogen and oxygen atoms in total. The van der Waals surface area contributed by atoms with Gasteiger partial charge in [-0.1, -0.05) is 18.1 Å². The zero-order valence-corrected chi connectivity index (χ0v) is 19.6. The van der Waals surface area contributed by atoms with Gasteiger partial charge in [-0.3, -0.25) is 9.59 Å². The maximum atomic E-state index is 14.7. The minimum Gasteiger partial charge on any atom is -0.481 e. The number of ketones is 1. The van der Waals surface area contributed by atoms with E-state index in [1.54, 1.807) is 24.3 Å². The quantitative estimate of drug-likeness (QED) is 0.433. The van der Waals surface area contributed by atoms with Gasteiger partial charge in [0.05, 0.1) is 30.9 Å². The van der Waals surface area contributed by atoms with Crippen molar-refractivity contribution in [1.82, 2.24) is 15.5 Å². The maximum absolute atomic E-state index is 14.7. The van der Waals surface area contributed by atoms with Crippen LogP contribution >= 0.6 is 0 Å². The van der Waals surface area contributed by atoms with E-state index in [2.05, 4.69) is 15.5 Å². The summed E-state index contributed by atoms with van der Waals surface area (Å²) in [6.45, 7) is 2.20. The molecule has 2 fully saturated rings. The molecule has 0 unspecified atom stereocenters. The highest BCUT2D eigenvalue weighted by molar-refractivity contribution is 5.99. The van der Waals surface area contributed by atoms with Gasteiger partial charge < -0.3 is 24.4 Å². The van der Waals surface area contributed by atoms with Gasteiger partial charge in [-0.2, -0.15) is 4.98 Å². The second-order valence-corrected chi connectivity index (χ2v) is 9.01. The number of ether oxygens (including phenoxy) is 2. The van der Waals surface area contributed by atoms with Crippen LogP contribution in [-0.2, 0) is 4.74 Å². The Labute approximate surface area is 206 Å². The molecule has 2 heterocycles. The fraction of sp³-hybridized carbons (Fsp3) is 0.385. The molecule has 1 aromatic heterocycles. The van der Waals surface area contributed by atoms with Crippen LogP contribution in [0.5, 0.6) is 5.75 Å². The molecule has 2 aliphatic rings. The Morgan fingerprint density at radius 3 is 2.61 bits per heavy atom. The molecule has 1 amide bonds. The van der Waals surface area contributed by atoms with Crippen molar-refractivity contribution in [3.05, 3.63) is 65.3 Å². The number of carbonyl (C=O) groups is 2. The van der Waals surface area contributed by atoms with Crippen LogP contribution in [0.3, 0.4) is 0 Å². The average Bonchev–Trinajstić information content (AvgIpc) is 3.49. The third kappa shape index (κ3) is 5.14. The zero-order chi connectivity index (χ0) is 25.2. The Kier molecular flexibility index (Phi) is 6.80. The number of Topliss-reactive ketones (excluding diaryl/α,β-unsaturated/α-hetero) is 1. The van der Waals surface area contributed by atoms with Gasteiger partial charge in [-0.05, 0) is 55.7 Å². The summed E-state index contributed by atoms with van der Waals surface area (Å²) >= 11 is 0. The minimum absolute atomic E-state index is 0.125. The standard InChI is InChI=1S/C26H26FN3O6/c1-2-22(35-17-8-5-15(6-9-17)23(32)14-3-4-14)26-29-24(30-36-26)16-7-10-18(19(27)11-16)25(33)28-20-12-34-13-21(20)31/h5-11,14,20-22,31H,2-4,12-13H2,1H3,(H,28,33)/t20-,21-,22+/m0/s1. The first-order valence-corrected chi connectivity index (χ1v) is 11.9. The van der Waals surface area contributed by atoms with Gasteiger partial charge in [-0.15, -0.1) is 0 Å². The molecule has 1 aliphatic heterocycles. The van der Waals surface area contributed by atoms with Crippen LogP contribution in [0.2, 0.25) is 0 Å². The number of benzene rings is 2. The first-order chi connectivity index (χ1) is 17.4. The topological polar surface area (TPSA) is 124 Å². The van der Waals surface area contributed by atoms with E-state index in [0.717, 1.165) is 18.9 Å². The summed E-state index contributed by atoms with van der Waals surface area (Å²) in [5.74, 6) is -0.143. The summed E-state index contributed by atoms with van der Waals surface area (Å²) in [5, 5.41) is 16.3. The SMILES string of the molecule is CC[C@@H](Oc1ccc(C(=O)C2CC2)cc1)c1nc(-c2ccc(C(=O)N[C@H]3COC[C@@H]3O)c(F)c2)no1. The van der Waals surface area contributed by atoms with Crippen LogP contribution in [-0.4, -0.2) is 52.3 Å². The molecule has 1 saturated heterocycles. The second kappa shape index (κ2) is 10.2. The Morgan fingerprint density at radius 1 is 1.19 bits per heavy atom. The smallest absolute Gasteiger partial charge is 0.268 e. The van der Waals surface area contributed by atoms with Gasteiger partial charge in [0.2, 0.25) is 5.82 Å². The van der Waals surface area contributed by atoms with Crippen LogP contribution in [0.4, 0.5) is 4.39 Å². The molecule has 10 heteroatoms. The molecule has 0 bridgehead atoms. The van der Waals surface area contributed by atoms with E-state index >= 15 is 0 Å². The molecule has 2 N–H and O–H groups in total. The molecule has 36 heavy (non-hydrogen) atoms. The highest BCUT2D eigenvalue weighted by atomic mass is 19.1. The van der Waals surface area contributed by atoms with Crippen LogP contribution in [0.1, 0.15) is 58.9 Å². The number of aliphatic hydroxyl groups excluding tert-OH is 1. The summed E-state index contributed by atoms with van der Waals surface area (Å²) in [4.78, 5) is 29.0. The van der Waals surface area contributed by atoms with Crippen LogP contribution < -0.4 is 10.1 Å². The lowest BCUT2D eigenvalue weighted by Crippen LogP contribution is -2.42. The Morgan fingerprint density at radius 2 is 1.97 bits per heavy atom. The van der Waals surface area contributed by atoms with E-state index in [1.807, 2.05) is 6.92 Å². The summed E-state index contributed by atoms with van der Waals surface area (Å²) in [7, 11) is 0. The van der Waals surface area contributed by atoms with Gasteiger partial charge in [-0.25, -0.2) is 4.39 Å². The third-order valence-corrected chi connectivity index (χ3v) is 6.29. The van der Waals surface area contributed by atoms with E-state index in [4.69, 9.17) is 14.0 Å². The number of hydrogen-bond donors (Lipinski definition) is 2. The summed E-state index contributed by atoms with van der Waals surface area (Å²) < 4.78 is 31.2. The lowest BCUT2D eigenvalue weighted by molar-refractivity contribution is 0.0882. The van der Waals surface area contributed by atoms with E-state index in [9.17, 15) is 19.1 Å². The average molecular weight is 496 g/mol. The number of halogens is 1. The van der Waals surface area contributed by atoms with Crippen molar-refractivity contribution in [2.75, 3.05) is 13.2 Å². The molecule has 0 radical (unpaired) electrons. The molecule has 188 valence electrons. The Bertz CT molecular complexity index is 1260. The number of hydrogen-bond acceptors (Lipinski definition) is 8. The number of aliphatic hydroxyl groups is 1. The van der Waals surface area contributed by atoms with E-state index in [0.29, 0.717) is 23.3 Å². The van der Waals surface area contributed by atoms with E-state index in [1.165, 1.54) is 12.1 Å². The minimum atomic E-state index is -0.828. The molecular formula is C26H26FN3O6. The van der Waals surface area contributed by atoms with Gasteiger partial charge in [0.15, 0.2) is 11.9 Å². The number of aromatic nitrogens is 2. The maximum Gasteiger partial charge on any atom is 0.268 e. The number of amides is 1. The van der Waals surface area contributed by atoms with Crippen molar-refractivity contribution < 1.29 is 33.1 Å². The lowest BCUT2D eigenvalue weighted by atomic mass is 10.1. The zero-order valence-electron chi connectivity index (χ0n) is 19.6. The molecule has 5 rings (SSSR count). The normalized spacial score (nSPS) is 20.2. The van der Waals surface area contributed by atoms with Gasteiger partial charge >= 0.3 is 0 Å². The summed E-state index contributed by atoms with van der Waals surface area (Å²) in [5.41, 5.74) is 0.839. The van der Waals surface area contributed by atoms with Crippen molar-refractivity contribution in [1.29, 1.82) is 0 Å². The predicted molar refractivity (Wildman–Crippen MR) is 125 cm³/mol. The van der Waals surface area contributed by atoms with Gasteiger partial charge in [0.25, 0.3) is 11.8 Å². The molecule has 2 aromatic carbocycles. The van der Waals surface area contributed by atoms with Crippen molar-refractivity contribution >= 4 is 11.7 Å². The largest absolute Gasteiger partial charge is 0.481 e. The third-order valence-electron chi connectivity index (χ3n) is 6.29.